The molecule has 1 N–H and O–H groups in total. The number of Topliss-reactive ketones (excluding diaryl/α,β-unsaturated/α-hetero) is 1. The molecular formula is C15H23N3OS. The third kappa shape index (κ3) is 3.28. The maximum absolute atomic E-state index is 11.3. The first-order chi connectivity index (χ1) is 9.72. The predicted molar refractivity (Wildman–Crippen MR) is 82.4 cm³/mol. The minimum atomic E-state index is 0.180. The van der Waals surface area contributed by atoms with Crippen molar-refractivity contribution in [1.82, 2.24) is 15.1 Å². The molecule has 3 heterocycles. The monoisotopic (exact) mass is 293 g/mol. The zero-order valence-electron chi connectivity index (χ0n) is 12.1. The molecule has 20 heavy (non-hydrogen) atoms. The molecule has 0 spiro atoms. The molecule has 1 aromatic rings. The van der Waals surface area contributed by atoms with Gasteiger partial charge in [0.2, 0.25) is 0 Å². The van der Waals surface area contributed by atoms with Crippen LogP contribution in [-0.2, 0) is 6.54 Å². The van der Waals surface area contributed by atoms with Gasteiger partial charge in [-0.2, -0.15) is 0 Å². The molecule has 0 saturated carbocycles. The van der Waals surface area contributed by atoms with Crippen molar-refractivity contribution >= 4 is 17.1 Å². The number of nitrogens with one attached hydrogen (secondary N) is 1. The zero-order chi connectivity index (χ0) is 13.9. The van der Waals surface area contributed by atoms with Gasteiger partial charge in [0.1, 0.15) is 0 Å². The van der Waals surface area contributed by atoms with E-state index in [2.05, 4.69) is 26.6 Å². The highest BCUT2D eigenvalue weighted by atomic mass is 32.1. The number of thiophene rings is 1. The molecule has 5 heteroatoms. The molecule has 1 aromatic heterocycles. The van der Waals surface area contributed by atoms with Gasteiger partial charge in [-0.3, -0.25) is 14.6 Å². The van der Waals surface area contributed by atoms with E-state index in [4.69, 9.17) is 0 Å². The van der Waals surface area contributed by atoms with E-state index in [-0.39, 0.29) is 5.78 Å². The highest BCUT2D eigenvalue weighted by molar-refractivity contribution is 7.12. The van der Waals surface area contributed by atoms with Crippen LogP contribution in [0, 0.1) is 0 Å². The normalized spacial score (nSPS) is 25.1. The van der Waals surface area contributed by atoms with E-state index in [0.29, 0.717) is 0 Å². The molecule has 2 aliphatic heterocycles. The summed E-state index contributed by atoms with van der Waals surface area (Å²) >= 11 is 1.57. The lowest BCUT2D eigenvalue weighted by atomic mass is 10.1. The predicted octanol–water partition coefficient (Wildman–Crippen LogP) is 1.43. The number of carbonyl (C=O) groups is 1. The van der Waals surface area contributed by atoms with Crippen LogP contribution in [0.15, 0.2) is 11.4 Å². The summed E-state index contributed by atoms with van der Waals surface area (Å²) in [6.45, 7) is 9.60. The fourth-order valence-electron chi connectivity index (χ4n) is 3.14. The Balaban J connectivity index is 1.49. The first-order valence-corrected chi connectivity index (χ1v) is 8.36. The summed E-state index contributed by atoms with van der Waals surface area (Å²) in [7, 11) is 0. The van der Waals surface area contributed by atoms with Gasteiger partial charge < -0.3 is 5.32 Å². The van der Waals surface area contributed by atoms with E-state index in [9.17, 15) is 4.79 Å². The van der Waals surface area contributed by atoms with Gasteiger partial charge in [0.05, 0.1) is 4.88 Å². The van der Waals surface area contributed by atoms with Crippen LogP contribution in [0.4, 0.5) is 0 Å². The molecule has 0 bridgehead atoms. The lowest BCUT2D eigenvalue weighted by Gasteiger charge is -2.37. The number of hydrogen-bond donors (Lipinski definition) is 1. The van der Waals surface area contributed by atoms with Gasteiger partial charge in [0, 0.05) is 45.3 Å². The van der Waals surface area contributed by atoms with Crippen LogP contribution in [0.1, 0.15) is 28.6 Å². The second kappa shape index (κ2) is 6.35. The van der Waals surface area contributed by atoms with Gasteiger partial charge in [-0.25, -0.2) is 0 Å². The summed E-state index contributed by atoms with van der Waals surface area (Å²) in [5.41, 5.74) is 1.29. The number of carbonyl (C=O) groups excluding carboxylic acids is 1. The van der Waals surface area contributed by atoms with Crippen molar-refractivity contribution in [1.29, 1.82) is 0 Å². The smallest absolute Gasteiger partial charge is 0.169 e. The van der Waals surface area contributed by atoms with E-state index < -0.39 is 0 Å². The summed E-state index contributed by atoms with van der Waals surface area (Å²) in [4.78, 5) is 17.3. The average molecular weight is 293 g/mol. The summed E-state index contributed by atoms with van der Waals surface area (Å²) in [6.07, 6.45) is 1.30. The van der Waals surface area contributed by atoms with Gasteiger partial charge >= 0.3 is 0 Å². The largest absolute Gasteiger partial charge is 0.315 e. The Labute approximate surface area is 124 Å². The molecule has 2 saturated heterocycles. The van der Waals surface area contributed by atoms with Crippen LogP contribution >= 0.6 is 11.3 Å². The van der Waals surface area contributed by atoms with Crippen LogP contribution in [0.25, 0.3) is 0 Å². The van der Waals surface area contributed by atoms with Crippen molar-refractivity contribution in [2.45, 2.75) is 25.9 Å². The molecule has 2 aliphatic rings. The van der Waals surface area contributed by atoms with E-state index in [1.807, 2.05) is 0 Å². The Morgan fingerprint density at radius 3 is 2.80 bits per heavy atom. The third-order valence-electron chi connectivity index (χ3n) is 4.36. The summed E-state index contributed by atoms with van der Waals surface area (Å²) in [5, 5.41) is 5.58. The van der Waals surface area contributed by atoms with Crippen LogP contribution in [0.2, 0.25) is 0 Å². The van der Waals surface area contributed by atoms with Gasteiger partial charge in [-0.1, -0.05) is 0 Å². The third-order valence-corrected chi connectivity index (χ3v) is 5.44. The van der Waals surface area contributed by atoms with Crippen molar-refractivity contribution in [2.24, 2.45) is 0 Å². The molecular weight excluding hydrogens is 270 g/mol. The Morgan fingerprint density at radius 1 is 1.40 bits per heavy atom. The van der Waals surface area contributed by atoms with E-state index >= 15 is 0 Å². The van der Waals surface area contributed by atoms with Crippen LogP contribution < -0.4 is 5.32 Å². The maximum Gasteiger partial charge on any atom is 0.169 e. The fourth-order valence-corrected chi connectivity index (χ4v) is 3.95. The molecule has 0 unspecified atom stereocenters. The lowest BCUT2D eigenvalue weighted by molar-refractivity contribution is 0.0980. The van der Waals surface area contributed by atoms with Crippen molar-refractivity contribution in [2.75, 3.05) is 39.3 Å². The molecule has 1 atom stereocenters. The second-order valence-corrected chi connectivity index (χ2v) is 6.75. The number of hydrogen-bond acceptors (Lipinski definition) is 5. The SMILES string of the molecule is CC(=O)c1cc(CN2CCN([C@H]3CCNC3)CC2)cs1. The van der Waals surface area contributed by atoms with Crippen LogP contribution in [0.5, 0.6) is 0 Å². The minimum absolute atomic E-state index is 0.180. The summed E-state index contributed by atoms with van der Waals surface area (Å²) in [6, 6.07) is 2.81. The number of nitrogens with zero attached hydrogens (tertiary/aromatic N) is 2. The van der Waals surface area contributed by atoms with Crippen LogP contribution in [-0.4, -0.2) is 60.9 Å². The number of piperazine rings is 1. The highest BCUT2D eigenvalue weighted by Crippen LogP contribution is 2.18. The van der Waals surface area contributed by atoms with Gasteiger partial charge in [0.15, 0.2) is 5.78 Å². The maximum atomic E-state index is 11.3. The van der Waals surface area contributed by atoms with Crippen molar-refractivity contribution < 1.29 is 4.79 Å². The fraction of sp³-hybridized carbons (Fsp3) is 0.667. The van der Waals surface area contributed by atoms with Crippen molar-refractivity contribution in [3.05, 3.63) is 21.9 Å². The first kappa shape index (κ1) is 14.2. The summed E-state index contributed by atoms with van der Waals surface area (Å²) in [5.74, 6) is 0.180. The van der Waals surface area contributed by atoms with Crippen molar-refractivity contribution in [3.8, 4) is 0 Å². The van der Waals surface area contributed by atoms with Gasteiger partial charge in [0.25, 0.3) is 0 Å². The Kier molecular flexibility index (Phi) is 4.51. The minimum Gasteiger partial charge on any atom is -0.315 e. The molecule has 0 amide bonds. The molecule has 110 valence electrons. The van der Waals surface area contributed by atoms with E-state index in [1.165, 1.54) is 31.6 Å². The van der Waals surface area contributed by atoms with Crippen LogP contribution in [0.3, 0.4) is 0 Å². The zero-order valence-corrected chi connectivity index (χ0v) is 12.9. The van der Waals surface area contributed by atoms with Gasteiger partial charge in [-0.15, -0.1) is 11.3 Å². The first-order valence-electron chi connectivity index (χ1n) is 7.48. The molecule has 4 nitrogen and oxygen atoms in total. The standard InChI is InChI=1S/C15H23N3OS/c1-12(19)15-8-13(11-20-15)10-17-4-6-18(7-5-17)14-2-3-16-9-14/h8,11,14,16H,2-7,9-10H2,1H3/t14-/m0/s1. The highest BCUT2D eigenvalue weighted by Gasteiger charge is 2.25. The average Bonchev–Trinajstić information content (AvgIpc) is 3.10. The Hall–Kier alpha value is -0.750. The Morgan fingerprint density at radius 2 is 2.20 bits per heavy atom. The molecule has 0 aromatic carbocycles. The van der Waals surface area contributed by atoms with E-state index in [0.717, 1.165) is 37.1 Å². The van der Waals surface area contributed by atoms with E-state index in [1.54, 1.807) is 18.3 Å². The summed E-state index contributed by atoms with van der Waals surface area (Å²) < 4.78 is 0. The second-order valence-electron chi connectivity index (χ2n) is 5.83. The molecule has 0 radical (unpaired) electrons. The lowest BCUT2D eigenvalue weighted by Crippen LogP contribution is -2.50. The van der Waals surface area contributed by atoms with Crippen molar-refractivity contribution in [3.63, 3.8) is 0 Å². The number of ketones is 1. The Bertz CT molecular complexity index is 459. The number of rotatable bonds is 4. The van der Waals surface area contributed by atoms with Gasteiger partial charge in [-0.05, 0) is 36.9 Å². The quantitative estimate of drug-likeness (QED) is 0.852. The topological polar surface area (TPSA) is 35.6 Å². The molecule has 2 fully saturated rings. The molecule has 0 aliphatic carbocycles. The molecule has 3 rings (SSSR count).